The van der Waals surface area contributed by atoms with E-state index in [4.69, 9.17) is 4.74 Å². The van der Waals surface area contributed by atoms with Gasteiger partial charge in [0, 0.05) is 23.6 Å². The Kier molecular flexibility index (Phi) is 5.33. The minimum atomic E-state index is -0.537. The molecular formula is C16H18N2O4S. The second kappa shape index (κ2) is 7.23. The van der Waals surface area contributed by atoms with E-state index in [0.29, 0.717) is 13.2 Å². The Morgan fingerprint density at radius 2 is 2.13 bits per heavy atom. The number of carbonyl (C=O) groups excluding carboxylic acids is 1. The molecule has 0 aliphatic carbocycles. The predicted molar refractivity (Wildman–Crippen MR) is 89.1 cm³/mol. The number of nitrogens with zero attached hydrogens (tertiary/aromatic N) is 2. The molecule has 0 spiro atoms. The molecule has 0 saturated carbocycles. The number of nitro groups is 1. The van der Waals surface area contributed by atoms with Crippen molar-refractivity contribution in [3.63, 3.8) is 0 Å². The lowest BCUT2D eigenvalue weighted by molar-refractivity contribution is -0.385. The Balaban J connectivity index is 2.23. The number of carbonyl (C=O) groups is 1. The molecule has 122 valence electrons. The minimum Gasteiger partial charge on any atom is -0.487 e. The van der Waals surface area contributed by atoms with Crippen LogP contribution in [0.3, 0.4) is 0 Å². The van der Waals surface area contributed by atoms with Crippen molar-refractivity contribution in [3.8, 4) is 5.75 Å². The maximum Gasteiger partial charge on any atom is 0.311 e. The molecule has 1 amide bonds. The van der Waals surface area contributed by atoms with Crippen molar-refractivity contribution in [2.24, 2.45) is 0 Å². The van der Waals surface area contributed by atoms with E-state index in [1.54, 1.807) is 36.3 Å². The lowest BCUT2D eigenvalue weighted by Gasteiger charge is -2.17. The van der Waals surface area contributed by atoms with Gasteiger partial charge in [0.25, 0.3) is 5.91 Å². The van der Waals surface area contributed by atoms with Gasteiger partial charge in [0.15, 0.2) is 5.75 Å². The van der Waals surface area contributed by atoms with Crippen molar-refractivity contribution in [1.82, 2.24) is 4.90 Å². The fourth-order valence-corrected chi connectivity index (χ4v) is 3.10. The topological polar surface area (TPSA) is 72.7 Å². The van der Waals surface area contributed by atoms with E-state index < -0.39 is 4.92 Å². The molecule has 6 nitrogen and oxygen atoms in total. The highest BCUT2D eigenvalue weighted by molar-refractivity contribution is 7.10. The molecule has 0 radical (unpaired) electrons. The highest BCUT2D eigenvalue weighted by Gasteiger charge is 2.21. The van der Waals surface area contributed by atoms with E-state index in [1.165, 1.54) is 12.1 Å². The van der Waals surface area contributed by atoms with Gasteiger partial charge < -0.3 is 9.64 Å². The SMILES string of the molecule is CCOc1ccc(C(=O)N(C)Cc2sccc2C)cc1[N+](=O)[O-]. The molecule has 0 saturated heterocycles. The molecule has 1 aromatic heterocycles. The summed E-state index contributed by atoms with van der Waals surface area (Å²) < 4.78 is 5.23. The van der Waals surface area contributed by atoms with Crippen LogP contribution in [0, 0.1) is 17.0 Å². The molecule has 0 fully saturated rings. The van der Waals surface area contributed by atoms with Gasteiger partial charge >= 0.3 is 5.69 Å². The summed E-state index contributed by atoms with van der Waals surface area (Å²) in [5.41, 5.74) is 1.21. The number of rotatable bonds is 6. The van der Waals surface area contributed by atoms with Gasteiger partial charge in [-0.2, -0.15) is 0 Å². The van der Waals surface area contributed by atoms with Gasteiger partial charge in [-0.05, 0) is 43.0 Å². The first-order valence-corrected chi connectivity index (χ1v) is 8.01. The molecule has 0 N–H and O–H groups in total. The standard InChI is InChI=1S/C16H18N2O4S/c1-4-22-14-6-5-12(9-13(14)18(20)21)16(19)17(3)10-15-11(2)7-8-23-15/h5-9H,4,10H2,1-3H3. The van der Waals surface area contributed by atoms with Crippen molar-refractivity contribution < 1.29 is 14.5 Å². The fraction of sp³-hybridized carbons (Fsp3) is 0.312. The Morgan fingerprint density at radius 3 is 2.70 bits per heavy atom. The van der Waals surface area contributed by atoms with Crippen LogP contribution in [0.2, 0.25) is 0 Å². The van der Waals surface area contributed by atoms with Gasteiger partial charge in [0.05, 0.1) is 18.1 Å². The Hall–Kier alpha value is -2.41. The summed E-state index contributed by atoms with van der Waals surface area (Å²) in [7, 11) is 1.68. The number of thiophene rings is 1. The molecule has 0 unspecified atom stereocenters. The monoisotopic (exact) mass is 334 g/mol. The largest absolute Gasteiger partial charge is 0.487 e. The first-order chi connectivity index (χ1) is 10.9. The fourth-order valence-electron chi connectivity index (χ4n) is 2.14. The van der Waals surface area contributed by atoms with Crippen molar-refractivity contribution in [3.05, 3.63) is 55.8 Å². The van der Waals surface area contributed by atoms with Gasteiger partial charge in [0.1, 0.15) is 0 Å². The quantitative estimate of drug-likeness (QED) is 0.597. The maximum atomic E-state index is 12.5. The van der Waals surface area contributed by atoms with Gasteiger partial charge in [-0.15, -0.1) is 11.3 Å². The first kappa shape index (κ1) is 17.0. The zero-order chi connectivity index (χ0) is 17.0. The first-order valence-electron chi connectivity index (χ1n) is 7.13. The van der Waals surface area contributed by atoms with Crippen LogP contribution in [-0.2, 0) is 6.54 Å². The summed E-state index contributed by atoms with van der Waals surface area (Å²) in [6, 6.07) is 6.29. The lowest BCUT2D eigenvalue weighted by Crippen LogP contribution is -2.26. The molecule has 23 heavy (non-hydrogen) atoms. The summed E-state index contributed by atoms with van der Waals surface area (Å²) in [5, 5.41) is 13.1. The van der Waals surface area contributed by atoms with Crippen LogP contribution >= 0.6 is 11.3 Å². The molecule has 0 atom stereocenters. The highest BCUT2D eigenvalue weighted by atomic mass is 32.1. The molecule has 2 aromatic rings. The maximum absolute atomic E-state index is 12.5. The molecule has 1 aromatic carbocycles. The second-order valence-electron chi connectivity index (χ2n) is 5.06. The minimum absolute atomic E-state index is 0.172. The van der Waals surface area contributed by atoms with Crippen LogP contribution in [0.4, 0.5) is 5.69 Å². The number of hydrogen-bond donors (Lipinski definition) is 0. The number of hydrogen-bond acceptors (Lipinski definition) is 5. The van der Waals surface area contributed by atoms with Crippen LogP contribution in [0.15, 0.2) is 29.6 Å². The lowest BCUT2D eigenvalue weighted by atomic mass is 10.1. The number of benzene rings is 1. The van der Waals surface area contributed by atoms with Gasteiger partial charge in [-0.3, -0.25) is 14.9 Å². The van der Waals surface area contributed by atoms with Gasteiger partial charge in [0.2, 0.25) is 0 Å². The number of aryl methyl sites for hydroxylation is 1. The third kappa shape index (κ3) is 3.87. The van der Waals surface area contributed by atoms with Crippen LogP contribution in [0.25, 0.3) is 0 Å². The molecular weight excluding hydrogens is 316 g/mol. The summed E-state index contributed by atoms with van der Waals surface area (Å²) in [5.74, 6) is -0.0882. The summed E-state index contributed by atoms with van der Waals surface area (Å²) >= 11 is 1.59. The van der Waals surface area contributed by atoms with Crippen molar-refractivity contribution in [2.45, 2.75) is 20.4 Å². The summed E-state index contributed by atoms with van der Waals surface area (Å²) in [6.07, 6.45) is 0. The third-order valence-corrected chi connectivity index (χ3v) is 4.41. The average molecular weight is 334 g/mol. The predicted octanol–water partition coefficient (Wildman–Crippen LogP) is 3.64. The third-order valence-electron chi connectivity index (χ3n) is 3.40. The van der Waals surface area contributed by atoms with Crippen molar-refractivity contribution >= 4 is 22.9 Å². The number of ether oxygens (including phenoxy) is 1. The zero-order valence-corrected chi connectivity index (χ0v) is 14.1. The van der Waals surface area contributed by atoms with Gasteiger partial charge in [-0.25, -0.2) is 0 Å². The number of amides is 1. The molecule has 7 heteroatoms. The Labute approximate surface area is 138 Å². The van der Waals surface area contributed by atoms with E-state index in [1.807, 2.05) is 18.4 Å². The molecule has 0 aliphatic heterocycles. The molecule has 1 heterocycles. The number of nitro benzene ring substituents is 1. The van der Waals surface area contributed by atoms with Crippen LogP contribution < -0.4 is 4.74 Å². The van der Waals surface area contributed by atoms with Gasteiger partial charge in [-0.1, -0.05) is 0 Å². The van der Waals surface area contributed by atoms with E-state index in [-0.39, 0.29) is 22.9 Å². The Morgan fingerprint density at radius 1 is 1.39 bits per heavy atom. The van der Waals surface area contributed by atoms with E-state index in [2.05, 4.69) is 0 Å². The molecule has 0 aliphatic rings. The zero-order valence-electron chi connectivity index (χ0n) is 13.2. The molecule has 0 bridgehead atoms. The average Bonchev–Trinajstić information content (AvgIpc) is 2.92. The van der Waals surface area contributed by atoms with Crippen LogP contribution in [0.1, 0.15) is 27.7 Å². The second-order valence-corrected chi connectivity index (χ2v) is 6.06. The molecule has 2 rings (SSSR count). The van der Waals surface area contributed by atoms with Crippen LogP contribution in [0.5, 0.6) is 5.75 Å². The highest BCUT2D eigenvalue weighted by Crippen LogP contribution is 2.28. The van der Waals surface area contributed by atoms with E-state index in [0.717, 1.165) is 10.4 Å². The van der Waals surface area contributed by atoms with E-state index >= 15 is 0 Å². The van der Waals surface area contributed by atoms with Crippen molar-refractivity contribution in [1.29, 1.82) is 0 Å². The Bertz CT molecular complexity index is 727. The van der Waals surface area contributed by atoms with Crippen LogP contribution in [-0.4, -0.2) is 29.4 Å². The smallest absolute Gasteiger partial charge is 0.311 e. The summed E-state index contributed by atoms with van der Waals surface area (Å²) in [6.45, 7) is 4.54. The normalized spacial score (nSPS) is 10.4. The summed E-state index contributed by atoms with van der Waals surface area (Å²) in [4.78, 5) is 25.8. The van der Waals surface area contributed by atoms with E-state index in [9.17, 15) is 14.9 Å². The van der Waals surface area contributed by atoms with Crippen molar-refractivity contribution in [2.75, 3.05) is 13.7 Å².